The van der Waals surface area contributed by atoms with Crippen molar-refractivity contribution >= 4 is 11.8 Å². The van der Waals surface area contributed by atoms with E-state index in [1.54, 1.807) is 36.5 Å². The van der Waals surface area contributed by atoms with E-state index in [-0.39, 0.29) is 18.4 Å². The molecule has 0 unspecified atom stereocenters. The largest absolute Gasteiger partial charge is 0.473 e. The summed E-state index contributed by atoms with van der Waals surface area (Å²) in [7, 11) is 0. The van der Waals surface area contributed by atoms with Crippen LogP contribution in [0, 0.1) is 0 Å². The van der Waals surface area contributed by atoms with Crippen molar-refractivity contribution in [3.8, 4) is 5.88 Å². The van der Waals surface area contributed by atoms with Crippen LogP contribution in [0.15, 0.2) is 54.7 Å². The van der Waals surface area contributed by atoms with Crippen molar-refractivity contribution in [2.24, 2.45) is 0 Å². The predicted molar refractivity (Wildman–Crippen MR) is 110 cm³/mol. The number of aromatic nitrogens is 1. The summed E-state index contributed by atoms with van der Waals surface area (Å²) in [5, 5.41) is 0. The molecule has 4 rings (SSSR count). The monoisotopic (exact) mass is 391 g/mol. The smallest absolute Gasteiger partial charge is 0.261 e. The summed E-state index contributed by atoms with van der Waals surface area (Å²) >= 11 is 0. The van der Waals surface area contributed by atoms with Crippen LogP contribution in [0.1, 0.15) is 45.5 Å². The molecule has 0 saturated carbocycles. The van der Waals surface area contributed by atoms with Crippen molar-refractivity contribution < 1.29 is 14.3 Å². The van der Waals surface area contributed by atoms with Crippen LogP contribution in [0.5, 0.6) is 5.88 Å². The first-order chi connectivity index (χ1) is 14.2. The molecule has 3 heterocycles. The van der Waals surface area contributed by atoms with Crippen LogP contribution in [-0.2, 0) is 6.54 Å². The minimum atomic E-state index is -0.247. The number of hydrogen-bond donors (Lipinski definition) is 0. The summed E-state index contributed by atoms with van der Waals surface area (Å²) in [5.41, 5.74) is 2.14. The molecule has 6 heteroatoms. The van der Waals surface area contributed by atoms with E-state index in [9.17, 15) is 9.59 Å². The first kappa shape index (κ1) is 19.3. The maximum Gasteiger partial charge on any atom is 0.261 e. The van der Waals surface area contributed by atoms with Gasteiger partial charge in [-0.05, 0) is 55.8 Å². The van der Waals surface area contributed by atoms with E-state index in [0.29, 0.717) is 23.6 Å². The molecule has 2 aromatic rings. The first-order valence-electron chi connectivity index (χ1n) is 10.1. The number of pyridine rings is 1. The standard InChI is InChI=1S/C23H25N3O3/c27-22-19-8-2-3-9-20(19)23(28)26(22)14-6-7-15-29-21-16-18(10-11-24-21)17-25-12-4-1-5-13-25/h2-3,6-11,16H,1,4-5,12-15,17H2/b7-6+. The SMILES string of the molecule is O=C1c2ccccc2C(=O)N1C/C=C/COc1cc(CN2CCCCC2)ccn1. The average molecular weight is 391 g/mol. The van der Waals surface area contributed by atoms with Gasteiger partial charge in [-0.1, -0.05) is 24.6 Å². The molecule has 0 spiro atoms. The Morgan fingerprint density at radius 1 is 0.966 bits per heavy atom. The van der Waals surface area contributed by atoms with Crippen molar-refractivity contribution in [3.63, 3.8) is 0 Å². The molecule has 0 aliphatic carbocycles. The first-order valence-corrected chi connectivity index (χ1v) is 10.1. The number of nitrogens with zero attached hydrogens (tertiary/aromatic N) is 3. The number of fused-ring (bicyclic) bond motifs is 1. The Morgan fingerprint density at radius 3 is 2.41 bits per heavy atom. The number of likely N-dealkylation sites (tertiary alicyclic amines) is 1. The van der Waals surface area contributed by atoms with Crippen LogP contribution in [0.25, 0.3) is 0 Å². The van der Waals surface area contributed by atoms with Crippen LogP contribution >= 0.6 is 0 Å². The van der Waals surface area contributed by atoms with E-state index in [1.807, 2.05) is 18.2 Å². The van der Waals surface area contributed by atoms with E-state index in [2.05, 4.69) is 9.88 Å². The number of hydrogen-bond acceptors (Lipinski definition) is 5. The number of carbonyl (C=O) groups is 2. The van der Waals surface area contributed by atoms with Crippen molar-refractivity contribution in [2.45, 2.75) is 25.8 Å². The second kappa shape index (κ2) is 9.01. The second-order valence-electron chi connectivity index (χ2n) is 7.39. The minimum Gasteiger partial charge on any atom is -0.473 e. The molecule has 2 amide bonds. The summed E-state index contributed by atoms with van der Waals surface area (Å²) in [6.45, 7) is 3.80. The highest BCUT2D eigenvalue weighted by atomic mass is 16.5. The number of piperidine rings is 1. The molecule has 1 fully saturated rings. The molecule has 1 aromatic carbocycles. The number of benzene rings is 1. The Hall–Kier alpha value is -2.99. The normalized spacial score (nSPS) is 17.2. The third-order valence-electron chi connectivity index (χ3n) is 5.31. The zero-order valence-electron chi connectivity index (χ0n) is 16.4. The number of ether oxygens (including phenoxy) is 1. The predicted octanol–water partition coefficient (Wildman–Crippen LogP) is 3.30. The van der Waals surface area contributed by atoms with Gasteiger partial charge in [0.25, 0.3) is 11.8 Å². The fourth-order valence-electron chi connectivity index (χ4n) is 3.79. The Kier molecular flexibility index (Phi) is 6.00. The van der Waals surface area contributed by atoms with Gasteiger partial charge in [0.2, 0.25) is 5.88 Å². The highest BCUT2D eigenvalue weighted by Gasteiger charge is 2.34. The average Bonchev–Trinajstić information content (AvgIpc) is 2.99. The van der Waals surface area contributed by atoms with Gasteiger partial charge in [0.1, 0.15) is 6.61 Å². The van der Waals surface area contributed by atoms with Gasteiger partial charge in [-0.3, -0.25) is 19.4 Å². The number of imide groups is 1. The van der Waals surface area contributed by atoms with Gasteiger partial charge in [0.05, 0.1) is 11.1 Å². The lowest BCUT2D eigenvalue weighted by Crippen LogP contribution is -2.29. The Bertz CT molecular complexity index is 884. The van der Waals surface area contributed by atoms with Gasteiger partial charge in [0.15, 0.2) is 0 Å². The van der Waals surface area contributed by atoms with Gasteiger partial charge in [-0.25, -0.2) is 4.98 Å². The molecule has 29 heavy (non-hydrogen) atoms. The van der Waals surface area contributed by atoms with Crippen LogP contribution in [-0.4, -0.2) is 52.8 Å². The quantitative estimate of drug-likeness (QED) is 0.535. The van der Waals surface area contributed by atoms with Crippen molar-refractivity contribution in [3.05, 3.63) is 71.4 Å². The molecule has 1 aromatic heterocycles. The lowest BCUT2D eigenvalue weighted by molar-refractivity contribution is 0.0671. The maximum absolute atomic E-state index is 12.3. The highest BCUT2D eigenvalue weighted by molar-refractivity contribution is 6.21. The number of amides is 2. The molecule has 2 aliphatic heterocycles. The lowest BCUT2D eigenvalue weighted by atomic mass is 10.1. The molecule has 0 radical (unpaired) electrons. The summed E-state index contributed by atoms with van der Waals surface area (Å²) in [6, 6.07) is 10.9. The summed E-state index contributed by atoms with van der Waals surface area (Å²) in [4.78, 5) is 32.6. The molecule has 0 N–H and O–H groups in total. The summed E-state index contributed by atoms with van der Waals surface area (Å²) < 4.78 is 5.71. The third-order valence-corrected chi connectivity index (χ3v) is 5.31. The van der Waals surface area contributed by atoms with E-state index in [4.69, 9.17) is 4.74 Å². The molecular weight excluding hydrogens is 366 g/mol. The van der Waals surface area contributed by atoms with Crippen LogP contribution < -0.4 is 4.74 Å². The topological polar surface area (TPSA) is 62.7 Å². The van der Waals surface area contributed by atoms with Crippen molar-refractivity contribution in [1.82, 2.24) is 14.8 Å². The maximum atomic E-state index is 12.3. The summed E-state index contributed by atoms with van der Waals surface area (Å²) in [5.74, 6) is 0.0939. The van der Waals surface area contributed by atoms with E-state index >= 15 is 0 Å². The molecule has 0 bridgehead atoms. The number of carbonyl (C=O) groups excluding carboxylic acids is 2. The Labute approximate surface area is 170 Å². The van der Waals surface area contributed by atoms with Gasteiger partial charge in [-0.15, -0.1) is 0 Å². The molecular formula is C23H25N3O3. The number of rotatable bonds is 7. The Morgan fingerprint density at radius 2 is 1.69 bits per heavy atom. The second-order valence-corrected chi connectivity index (χ2v) is 7.39. The van der Waals surface area contributed by atoms with Crippen LogP contribution in [0.2, 0.25) is 0 Å². The fourth-order valence-corrected chi connectivity index (χ4v) is 3.79. The lowest BCUT2D eigenvalue weighted by Gasteiger charge is -2.26. The third kappa shape index (κ3) is 4.54. The van der Waals surface area contributed by atoms with Gasteiger partial charge in [-0.2, -0.15) is 0 Å². The minimum absolute atomic E-state index is 0.234. The molecule has 2 aliphatic rings. The van der Waals surface area contributed by atoms with E-state index in [1.165, 1.54) is 29.7 Å². The van der Waals surface area contributed by atoms with Crippen molar-refractivity contribution in [2.75, 3.05) is 26.2 Å². The van der Waals surface area contributed by atoms with Gasteiger partial charge >= 0.3 is 0 Å². The molecule has 0 atom stereocenters. The molecule has 6 nitrogen and oxygen atoms in total. The van der Waals surface area contributed by atoms with Crippen molar-refractivity contribution in [1.29, 1.82) is 0 Å². The zero-order chi connectivity index (χ0) is 20.1. The highest BCUT2D eigenvalue weighted by Crippen LogP contribution is 2.22. The van der Waals surface area contributed by atoms with Gasteiger partial charge in [0, 0.05) is 25.4 Å². The van der Waals surface area contributed by atoms with Gasteiger partial charge < -0.3 is 4.74 Å². The van der Waals surface area contributed by atoms with E-state index < -0.39 is 0 Å². The van der Waals surface area contributed by atoms with Crippen LogP contribution in [0.4, 0.5) is 0 Å². The molecule has 1 saturated heterocycles. The van der Waals surface area contributed by atoms with E-state index in [0.717, 1.165) is 19.6 Å². The fraction of sp³-hybridized carbons (Fsp3) is 0.348. The van der Waals surface area contributed by atoms with Crippen LogP contribution in [0.3, 0.4) is 0 Å². The zero-order valence-corrected chi connectivity index (χ0v) is 16.4. The summed E-state index contributed by atoms with van der Waals surface area (Å²) in [6.07, 6.45) is 9.23. The Balaban J connectivity index is 1.26. The molecule has 150 valence electrons.